The van der Waals surface area contributed by atoms with E-state index in [1.807, 2.05) is 6.92 Å². The van der Waals surface area contributed by atoms with Gasteiger partial charge in [0.15, 0.2) is 0 Å². The quantitative estimate of drug-likeness (QED) is 0.581. The van der Waals surface area contributed by atoms with Gasteiger partial charge in [-0.05, 0) is 19.1 Å². The summed E-state index contributed by atoms with van der Waals surface area (Å²) >= 11 is 0. The molecule has 7 heteroatoms. The molecule has 3 N–H and O–H groups in total. The summed E-state index contributed by atoms with van der Waals surface area (Å²) in [6, 6.07) is 5.99. The van der Waals surface area contributed by atoms with Crippen LogP contribution in [0.2, 0.25) is 0 Å². The van der Waals surface area contributed by atoms with E-state index in [1.165, 1.54) is 23.1 Å². The highest BCUT2D eigenvalue weighted by Crippen LogP contribution is 2.08. The molecule has 0 saturated carbocycles. The summed E-state index contributed by atoms with van der Waals surface area (Å²) < 4.78 is 30.9. The van der Waals surface area contributed by atoms with Crippen LogP contribution in [-0.2, 0) is 10.1 Å². The third kappa shape index (κ3) is 4.66. The first kappa shape index (κ1) is 13.2. The maximum absolute atomic E-state index is 10.5. The zero-order valence-electron chi connectivity index (χ0n) is 9.19. The maximum atomic E-state index is 10.5. The lowest BCUT2D eigenvalue weighted by Crippen LogP contribution is -2.02. The van der Waals surface area contributed by atoms with Gasteiger partial charge in [-0.1, -0.05) is 17.7 Å². The van der Waals surface area contributed by atoms with Gasteiger partial charge in [0, 0.05) is 12.4 Å². The molecule has 1 aromatic heterocycles. The largest absolute Gasteiger partial charge is 0.338 e. The molecule has 0 aliphatic rings. The molecule has 0 aliphatic heterocycles. The van der Waals surface area contributed by atoms with Gasteiger partial charge in [-0.2, -0.15) is 8.42 Å². The average molecular weight is 255 g/mol. The van der Waals surface area contributed by atoms with Crippen LogP contribution < -0.4 is 5.84 Å². The standard InChI is InChI=1S/C7H8O3S.C3H5N3/c1-6-2-4-7(5-3-6)11(8,9)10;4-6-2-1-5-3-6/h2-5H,1H3,(H,8,9,10);1-3H,4H2. The summed E-state index contributed by atoms with van der Waals surface area (Å²) in [5.74, 6) is 5.13. The zero-order valence-corrected chi connectivity index (χ0v) is 10.0. The number of nitrogen functional groups attached to an aromatic ring is 1. The van der Waals surface area contributed by atoms with Crippen molar-refractivity contribution < 1.29 is 13.0 Å². The second kappa shape index (κ2) is 5.46. The van der Waals surface area contributed by atoms with Crippen molar-refractivity contribution in [3.05, 3.63) is 48.5 Å². The molecule has 92 valence electrons. The molecule has 6 nitrogen and oxygen atoms in total. The van der Waals surface area contributed by atoms with Crippen LogP contribution in [0.4, 0.5) is 0 Å². The van der Waals surface area contributed by atoms with Crippen LogP contribution in [0.3, 0.4) is 0 Å². The molecular weight excluding hydrogens is 242 g/mol. The number of aryl methyl sites for hydroxylation is 1. The zero-order chi connectivity index (χ0) is 12.9. The molecule has 2 aromatic rings. The van der Waals surface area contributed by atoms with E-state index in [2.05, 4.69) is 4.98 Å². The van der Waals surface area contributed by atoms with Crippen LogP contribution in [0.1, 0.15) is 5.56 Å². The van der Waals surface area contributed by atoms with Gasteiger partial charge >= 0.3 is 0 Å². The lowest BCUT2D eigenvalue weighted by Gasteiger charge is -1.95. The lowest BCUT2D eigenvalue weighted by atomic mass is 10.2. The Bertz CT molecular complexity index is 547. The molecule has 2 rings (SSSR count). The first-order valence-electron chi connectivity index (χ1n) is 4.67. The SMILES string of the molecule is Cc1ccc(S(=O)(=O)O)cc1.Nn1ccnc1. The summed E-state index contributed by atoms with van der Waals surface area (Å²) in [7, 11) is -4.02. The fourth-order valence-corrected chi connectivity index (χ4v) is 1.46. The molecule has 1 heterocycles. The molecule has 0 bridgehead atoms. The lowest BCUT2D eigenvalue weighted by molar-refractivity contribution is 0.483. The van der Waals surface area contributed by atoms with Gasteiger partial charge in [-0.3, -0.25) is 9.23 Å². The van der Waals surface area contributed by atoms with Crippen molar-refractivity contribution in [1.29, 1.82) is 0 Å². The Balaban J connectivity index is 0.000000202. The molecular formula is C10H13N3O3S. The van der Waals surface area contributed by atoms with Crippen LogP contribution >= 0.6 is 0 Å². The molecule has 17 heavy (non-hydrogen) atoms. The highest BCUT2D eigenvalue weighted by molar-refractivity contribution is 7.85. The van der Waals surface area contributed by atoms with Crippen molar-refractivity contribution in [3.8, 4) is 0 Å². The third-order valence-corrected chi connectivity index (χ3v) is 2.71. The number of aromatic nitrogens is 2. The summed E-state index contributed by atoms with van der Waals surface area (Å²) in [6.45, 7) is 1.84. The van der Waals surface area contributed by atoms with E-state index in [0.717, 1.165) is 5.56 Å². The number of benzene rings is 1. The van der Waals surface area contributed by atoms with Gasteiger partial charge in [0.1, 0.15) is 6.33 Å². The molecule has 0 fully saturated rings. The van der Waals surface area contributed by atoms with E-state index in [-0.39, 0.29) is 4.90 Å². The Morgan fingerprint density at radius 1 is 1.29 bits per heavy atom. The number of nitrogens with zero attached hydrogens (tertiary/aromatic N) is 2. The van der Waals surface area contributed by atoms with E-state index >= 15 is 0 Å². The summed E-state index contributed by atoms with van der Waals surface area (Å²) in [4.78, 5) is 3.59. The first-order valence-corrected chi connectivity index (χ1v) is 6.11. The Hall–Kier alpha value is -1.86. The van der Waals surface area contributed by atoms with E-state index in [0.29, 0.717) is 0 Å². The normalized spacial score (nSPS) is 10.5. The topological polar surface area (TPSA) is 98.2 Å². The predicted octanol–water partition coefficient (Wildman–Crippen LogP) is 0.839. The van der Waals surface area contributed by atoms with E-state index in [1.54, 1.807) is 24.5 Å². The fourth-order valence-electron chi connectivity index (χ4n) is 0.980. The first-order chi connectivity index (χ1) is 7.89. The van der Waals surface area contributed by atoms with Gasteiger partial charge in [0.2, 0.25) is 0 Å². The van der Waals surface area contributed by atoms with Crippen LogP contribution in [0, 0.1) is 6.92 Å². The monoisotopic (exact) mass is 255 g/mol. The molecule has 0 spiro atoms. The Kier molecular flexibility index (Phi) is 4.24. The molecule has 0 atom stereocenters. The van der Waals surface area contributed by atoms with Gasteiger partial charge in [0.25, 0.3) is 10.1 Å². The minimum Gasteiger partial charge on any atom is -0.338 e. The molecule has 0 unspecified atom stereocenters. The van der Waals surface area contributed by atoms with Crippen molar-refractivity contribution in [2.45, 2.75) is 11.8 Å². The Morgan fingerprint density at radius 3 is 2.18 bits per heavy atom. The van der Waals surface area contributed by atoms with Crippen molar-refractivity contribution in [2.24, 2.45) is 0 Å². The van der Waals surface area contributed by atoms with Crippen LogP contribution in [0.15, 0.2) is 47.9 Å². The molecule has 0 amide bonds. The molecule has 1 aromatic carbocycles. The summed E-state index contributed by atoms with van der Waals surface area (Å²) in [5, 5.41) is 0. The number of imidazole rings is 1. The van der Waals surface area contributed by atoms with E-state index < -0.39 is 10.1 Å². The van der Waals surface area contributed by atoms with Gasteiger partial charge < -0.3 is 5.84 Å². The van der Waals surface area contributed by atoms with Crippen LogP contribution in [0.25, 0.3) is 0 Å². The number of hydrogen-bond acceptors (Lipinski definition) is 4. The fraction of sp³-hybridized carbons (Fsp3) is 0.100. The predicted molar refractivity (Wildman–Crippen MR) is 63.4 cm³/mol. The minimum atomic E-state index is -4.02. The number of hydrogen-bond donors (Lipinski definition) is 2. The van der Waals surface area contributed by atoms with Gasteiger partial charge in [-0.15, -0.1) is 0 Å². The van der Waals surface area contributed by atoms with Crippen molar-refractivity contribution in [1.82, 2.24) is 9.66 Å². The average Bonchev–Trinajstić information content (AvgIpc) is 2.69. The van der Waals surface area contributed by atoms with Crippen molar-refractivity contribution in [3.63, 3.8) is 0 Å². The third-order valence-electron chi connectivity index (χ3n) is 1.84. The summed E-state index contributed by atoms with van der Waals surface area (Å²) in [5.41, 5.74) is 0.956. The number of rotatable bonds is 1. The van der Waals surface area contributed by atoms with Crippen LogP contribution in [0.5, 0.6) is 0 Å². The van der Waals surface area contributed by atoms with E-state index in [4.69, 9.17) is 10.4 Å². The van der Waals surface area contributed by atoms with Gasteiger partial charge in [0.05, 0.1) is 4.90 Å². The second-order valence-corrected chi connectivity index (χ2v) is 4.72. The highest BCUT2D eigenvalue weighted by atomic mass is 32.2. The Morgan fingerprint density at radius 2 is 1.88 bits per heavy atom. The van der Waals surface area contributed by atoms with E-state index in [9.17, 15) is 8.42 Å². The van der Waals surface area contributed by atoms with Crippen molar-refractivity contribution >= 4 is 10.1 Å². The number of nitrogens with two attached hydrogens (primary N) is 1. The maximum Gasteiger partial charge on any atom is 0.294 e. The summed E-state index contributed by atoms with van der Waals surface area (Å²) in [6.07, 6.45) is 4.82. The van der Waals surface area contributed by atoms with Gasteiger partial charge in [-0.25, -0.2) is 4.98 Å². The second-order valence-electron chi connectivity index (χ2n) is 3.30. The van der Waals surface area contributed by atoms with Crippen molar-refractivity contribution in [2.75, 3.05) is 5.84 Å². The Labute approximate surface area is 99.4 Å². The molecule has 0 saturated heterocycles. The molecule has 0 aliphatic carbocycles. The smallest absolute Gasteiger partial charge is 0.294 e. The molecule has 0 radical (unpaired) electrons. The van der Waals surface area contributed by atoms with Crippen LogP contribution in [-0.4, -0.2) is 22.6 Å². The minimum absolute atomic E-state index is 0.0666. The highest BCUT2D eigenvalue weighted by Gasteiger charge is 2.06.